The molecule has 0 saturated carbocycles. The lowest BCUT2D eigenvalue weighted by Gasteiger charge is -2.07. The number of aromatic nitrogens is 1. The molecule has 0 aliphatic heterocycles. The van der Waals surface area contributed by atoms with Gasteiger partial charge in [0.25, 0.3) is 0 Å². The summed E-state index contributed by atoms with van der Waals surface area (Å²) in [6, 6.07) is 33.6. The Balaban J connectivity index is 1.57. The zero-order valence-corrected chi connectivity index (χ0v) is 16.6. The smallest absolute Gasteiger partial charge is 0.0541 e. The van der Waals surface area contributed by atoms with Crippen molar-refractivity contribution in [2.45, 2.75) is 0 Å². The van der Waals surface area contributed by atoms with Crippen LogP contribution in [0.15, 0.2) is 102 Å². The first-order chi connectivity index (χ1) is 13.8. The standard InChI is InChI=1S/C26H16BrN/c27-21-15-11-19(12-16-21)9-10-20-13-17-22(18-14-20)28-25-7-3-1-5-23(25)24-6-2-4-8-26(24)28/h1-8,11-18H. The lowest BCUT2D eigenvalue weighted by atomic mass is 10.1. The molecule has 0 spiro atoms. The van der Waals surface area contributed by atoms with Crippen molar-refractivity contribution in [2.75, 3.05) is 0 Å². The Labute approximate surface area is 172 Å². The fourth-order valence-corrected chi connectivity index (χ4v) is 3.84. The van der Waals surface area contributed by atoms with Crippen molar-refractivity contribution in [3.63, 3.8) is 0 Å². The van der Waals surface area contributed by atoms with E-state index in [0.29, 0.717) is 0 Å². The average Bonchev–Trinajstić information content (AvgIpc) is 3.08. The summed E-state index contributed by atoms with van der Waals surface area (Å²) >= 11 is 3.45. The van der Waals surface area contributed by atoms with Gasteiger partial charge < -0.3 is 4.57 Å². The number of rotatable bonds is 1. The van der Waals surface area contributed by atoms with E-state index in [9.17, 15) is 0 Å². The molecule has 1 aromatic heterocycles. The summed E-state index contributed by atoms with van der Waals surface area (Å²) in [4.78, 5) is 0. The van der Waals surface area contributed by atoms with Gasteiger partial charge in [-0.2, -0.15) is 0 Å². The second-order valence-corrected chi connectivity index (χ2v) is 7.59. The minimum atomic E-state index is 1.01. The normalized spacial score (nSPS) is 10.8. The summed E-state index contributed by atoms with van der Waals surface area (Å²) in [5, 5.41) is 2.55. The van der Waals surface area contributed by atoms with Gasteiger partial charge in [0, 0.05) is 32.1 Å². The van der Waals surface area contributed by atoms with Crippen LogP contribution in [0.25, 0.3) is 27.5 Å². The molecule has 1 heterocycles. The van der Waals surface area contributed by atoms with E-state index >= 15 is 0 Å². The van der Waals surface area contributed by atoms with E-state index in [1.807, 2.05) is 24.3 Å². The highest BCUT2D eigenvalue weighted by molar-refractivity contribution is 9.10. The maximum Gasteiger partial charge on any atom is 0.0541 e. The first-order valence-electron chi connectivity index (χ1n) is 9.16. The van der Waals surface area contributed by atoms with Gasteiger partial charge in [0.1, 0.15) is 0 Å². The van der Waals surface area contributed by atoms with Gasteiger partial charge in [-0.05, 0) is 60.7 Å². The van der Waals surface area contributed by atoms with Crippen LogP contribution >= 0.6 is 15.9 Å². The van der Waals surface area contributed by atoms with Gasteiger partial charge in [0.15, 0.2) is 0 Å². The van der Waals surface area contributed by atoms with E-state index in [-0.39, 0.29) is 0 Å². The molecule has 5 aromatic rings. The van der Waals surface area contributed by atoms with Crippen molar-refractivity contribution < 1.29 is 0 Å². The first kappa shape index (κ1) is 16.9. The molecule has 4 aromatic carbocycles. The molecule has 0 radical (unpaired) electrons. The molecule has 2 heteroatoms. The number of hydrogen-bond acceptors (Lipinski definition) is 0. The molecule has 5 rings (SSSR count). The number of benzene rings is 4. The summed E-state index contributed by atoms with van der Waals surface area (Å²) in [5.74, 6) is 6.48. The van der Waals surface area contributed by atoms with E-state index < -0.39 is 0 Å². The van der Waals surface area contributed by atoms with E-state index in [4.69, 9.17) is 0 Å². The molecule has 0 aliphatic rings. The molecule has 28 heavy (non-hydrogen) atoms. The fourth-order valence-electron chi connectivity index (χ4n) is 3.57. The molecule has 0 N–H and O–H groups in total. The Morgan fingerprint density at radius 3 is 1.54 bits per heavy atom. The molecule has 0 fully saturated rings. The van der Waals surface area contributed by atoms with Crippen LogP contribution in [0.1, 0.15) is 11.1 Å². The molecule has 0 unspecified atom stereocenters. The molecule has 0 bridgehead atoms. The minimum Gasteiger partial charge on any atom is -0.309 e. The predicted octanol–water partition coefficient (Wildman–Crippen LogP) is 6.95. The molecule has 0 aliphatic carbocycles. The number of fused-ring (bicyclic) bond motifs is 3. The van der Waals surface area contributed by atoms with Crippen LogP contribution in [0.3, 0.4) is 0 Å². The summed E-state index contributed by atoms with van der Waals surface area (Å²) in [6.45, 7) is 0. The topological polar surface area (TPSA) is 4.93 Å². The average molecular weight is 422 g/mol. The lowest BCUT2D eigenvalue weighted by molar-refractivity contribution is 1.18. The quantitative estimate of drug-likeness (QED) is 0.258. The van der Waals surface area contributed by atoms with Crippen LogP contribution in [0, 0.1) is 11.8 Å². The molecular weight excluding hydrogens is 406 g/mol. The van der Waals surface area contributed by atoms with Crippen molar-refractivity contribution >= 4 is 37.7 Å². The van der Waals surface area contributed by atoms with E-state index in [2.05, 4.69) is 105 Å². The van der Waals surface area contributed by atoms with Gasteiger partial charge >= 0.3 is 0 Å². The molecule has 132 valence electrons. The number of hydrogen-bond donors (Lipinski definition) is 0. The van der Waals surface area contributed by atoms with Gasteiger partial charge in [-0.15, -0.1) is 0 Å². The Morgan fingerprint density at radius 1 is 0.536 bits per heavy atom. The highest BCUT2D eigenvalue weighted by Crippen LogP contribution is 2.31. The largest absolute Gasteiger partial charge is 0.309 e. The highest BCUT2D eigenvalue weighted by Gasteiger charge is 2.10. The number of para-hydroxylation sites is 2. The van der Waals surface area contributed by atoms with Gasteiger partial charge in [0.2, 0.25) is 0 Å². The van der Waals surface area contributed by atoms with Crippen molar-refractivity contribution in [3.05, 3.63) is 113 Å². The summed E-state index contributed by atoms with van der Waals surface area (Å²) in [7, 11) is 0. The van der Waals surface area contributed by atoms with Crippen molar-refractivity contribution in [1.29, 1.82) is 0 Å². The number of halogens is 1. The van der Waals surface area contributed by atoms with Crippen LogP contribution < -0.4 is 0 Å². The third-order valence-corrected chi connectivity index (χ3v) is 5.43. The van der Waals surface area contributed by atoms with Crippen LogP contribution in [-0.2, 0) is 0 Å². The number of nitrogens with zero attached hydrogens (tertiary/aromatic N) is 1. The van der Waals surface area contributed by atoms with Gasteiger partial charge in [-0.3, -0.25) is 0 Å². The monoisotopic (exact) mass is 421 g/mol. The van der Waals surface area contributed by atoms with E-state index in [1.54, 1.807) is 0 Å². The summed E-state index contributed by atoms with van der Waals surface area (Å²) in [6.07, 6.45) is 0. The van der Waals surface area contributed by atoms with Gasteiger partial charge in [0.05, 0.1) is 11.0 Å². The Morgan fingerprint density at radius 2 is 1.00 bits per heavy atom. The molecule has 0 saturated heterocycles. The van der Waals surface area contributed by atoms with Crippen LogP contribution in [0.4, 0.5) is 0 Å². The van der Waals surface area contributed by atoms with Crippen LogP contribution in [0.5, 0.6) is 0 Å². The highest BCUT2D eigenvalue weighted by atomic mass is 79.9. The SMILES string of the molecule is Brc1ccc(C#Cc2ccc(-n3c4ccccc4c4ccccc43)cc2)cc1. The summed E-state index contributed by atoms with van der Waals surface area (Å²) < 4.78 is 3.38. The Bertz CT molecular complexity index is 1290. The van der Waals surface area contributed by atoms with Crippen molar-refractivity contribution in [3.8, 4) is 17.5 Å². The Kier molecular flexibility index (Phi) is 4.24. The maximum atomic E-state index is 3.45. The lowest BCUT2D eigenvalue weighted by Crippen LogP contribution is -1.93. The maximum absolute atomic E-state index is 3.45. The minimum absolute atomic E-state index is 1.01. The molecule has 0 amide bonds. The molecular formula is C26H16BrN. The zero-order valence-electron chi connectivity index (χ0n) is 15.1. The third-order valence-electron chi connectivity index (χ3n) is 4.90. The molecule has 1 nitrogen and oxygen atoms in total. The third kappa shape index (κ3) is 3.01. The van der Waals surface area contributed by atoms with E-state index in [1.165, 1.54) is 21.8 Å². The summed E-state index contributed by atoms with van der Waals surface area (Å²) in [5.41, 5.74) is 5.60. The van der Waals surface area contributed by atoms with Crippen molar-refractivity contribution in [2.24, 2.45) is 0 Å². The second kappa shape index (κ2) is 7.03. The zero-order chi connectivity index (χ0) is 18.9. The first-order valence-corrected chi connectivity index (χ1v) is 9.95. The fraction of sp³-hybridized carbons (Fsp3) is 0. The van der Waals surface area contributed by atoms with Crippen LogP contribution in [0.2, 0.25) is 0 Å². The predicted molar refractivity (Wildman–Crippen MR) is 121 cm³/mol. The molecule has 0 atom stereocenters. The second-order valence-electron chi connectivity index (χ2n) is 6.67. The van der Waals surface area contributed by atoms with Crippen LogP contribution in [-0.4, -0.2) is 4.57 Å². The van der Waals surface area contributed by atoms with E-state index in [0.717, 1.165) is 21.3 Å². The van der Waals surface area contributed by atoms with Crippen molar-refractivity contribution in [1.82, 2.24) is 4.57 Å². The Hall–Kier alpha value is -3.28. The van der Waals surface area contributed by atoms with Gasteiger partial charge in [-0.25, -0.2) is 0 Å². The van der Waals surface area contributed by atoms with Gasteiger partial charge in [-0.1, -0.05) is 64.2 Å².